The van der Waals surface area contributed by atoms with Gasteiger partial charge < -0.3 is 26.5 Å². The second kappa shape index (κ2) is 9.67. The van der Waals surface area contributed by atoms with Crippen LogP contribution in [0.4, 0.5) is 0 Å². The maximum absolute atomic E-state index is 5.37. The number of allylic oxidation sites excluding steroid dienone is 2. The normalized spacial score (nSPS) is 15.3. The van der Waals surface area contributed by atoms with Crippen LogP contribution in [-0.4, -0.2) is 13.2 Å². The van der Waals surface area contributed by atoms with E-state index in [9.17, 15) is 0 Å². The molecule has 0 amide bonds. The Hall–Kier alpha value is 0.128. The van der Waals surface area contributed by atoms with Crippen molar-refractivity contribution in [2.75, 3.05) is 13.2 Å². The molecule has 2 heteroatoms. The van der Waals surface area contributed by atoms with Crippen LogP contribution < -0.4 is 0 Å². The van der Waals surface area contributed by atoms with Gasteiger partial charge >= 0.3 is 0 Å². The van der Waals surface area contributed by atoms with Crippen LogP contribution in [0.15, 0.2) is 24.3 Å². The third-order valence-electron chi connectivity index (χ3n) is 2.01. The maximum atomic E-state index is 5.37. The van der Waals surface area contributed by atoms with Crippen LogP contribution in [0.1, 0.15) is 13.3 Å². The minimum Gasteiger partial charge on any atom is -0.381 e. The van der Waals surface area contributed by atoms with Crippen LogP contribution in [0.2, 0.25) is 0 Å². The minimum atomic E-state index is 0. The molecule has 0 N–H and O–H groups in total. The molecular formula is C12H21OPt-3. The molecule has 14 heavy (non-hydrogen) atoms. The Kier molecular flexibility index (Phi) is 13.6. The first-order valence-corrected chi connectivity index (χ1v) is 4.07. The van der Waals surface area contributed by atoms with E-state index >= 15 is 0 Å². The van der Waals surface area contributed by atoms with Gasteiger partial charge in [-0.3, -0.25) is 0 Å². The Labute approximate surface area is 104 Å². The Morgan fingerprint density at radius 1 is 1.21 bits per heavy atom. The zero-order valence-electron chi connectivity index (χ0n) is 9.36. The molecule has 0 saturated heterocycles. The molecule has 88 valence electrons. The standard InChI is InChI=1S/C10H15O.2CH3.Pt/c1-3-10(9-11-4-2)7-5-6-8-10;;;/h5-8H,1,3-4,9H2,2H3;2*1H3;/q3*-1;. The fourth-order valence-electron chi connectivity index (χ4n) is 1.18. The summed E-state index contributed by atoms with van der Waals surface area (Å²) in [6, 6.07) is 0. The Bertz CT molecular complexity index is 161. The van der Waals surface area contributed by atoms with Crippen molar-refractivity contribution in [3.05, 3.63) is 46.1 Å². The molecule has 1 aliphatic carbocycles. The van der Waals surface area contributed by atoms with Crippen molar-refractivity contribution in [3.63, 3.8) is 0 Å². The molecule has 0 saturated carbocycles. The predicted molar refractivity (Wildman–Crippen MR) is 60.0 cm³/mol. The van der Waals surface area contributed by atoms with Gasteiger partial charge in [-0.15, -0.1) is 0 Å². The zero-order valence-corrected chi connectivity index (χ0v) is 11.6. The van der Waals surface area contributed by atoms with E-state index in [1.165, 1.54) is 0 Å². The van der Waals surface area contributed by atoms with Crippen LogP contribution in [0, 0.1) is 27.2 Å². The first kappa shape index (κ1) is 19.7. The molecule has 0 atom stereocenters. The van der Waals surface area contributed by atoms with Crippen molar-refractivity contribution >= 4 is 0 Å². The van der Waals surface area contributed by atoms with Gasteiger partial charge in [-0.25, -0.2) is 0 Å². The van der Waals surface area contributed by atoms with Crippen molar-refractivity contribution < 1.29 is 25.8 Å². The summed E-state index contributed by atoms with van der Waals surface area (Å²) < 4.78 is 5.37. The van der Waals surface area contributed by atoms with E-state index in [2.05, 4.69) is 31.2 Å². The molecule has 0 aromatic carbocycles. The third-order valence-corrected chi connectivity index (χ3v) is 2.01. The minimum absolute atomic E-state index is 0. The van der Waals surface area contributed by atoms with E-state index in [1.54, 1.807) is 0 Å². The predicted octanol–water partition coefficient (Wildman–Crippen LogP) is 3.26. The van der Waals surface area contributed by atoms with Crippen molar-refractivity contribution in [3.8, 4) is 0 Å². The topological polar surface area (TPSA) is 9.23 Å². The van der Waals surface area contributed by atoms with Gasteiger partial charge in [0.2, 0.25) is 0 Å². The molecule has 0 bridgehead atoms. The molecule has 0 heterocycles. The van der Waals surface area contributed by atoms with Gasteiger partial charge in [0.1, 0.15) is 0 Å². The summed E-state index contributed by atoms with van der Waals surface area (Å²) in [7, 11) is 0. The van der Waals surface area contributed by atoms with Crippen LogP contribution in [0.25, 0.3) is 0 Å². The summed E-state index contributed by atoms with van der Waals surface area (Å²) >= 11 is 0. The summed E-state index contributed by atoms with van der Waals surface area (Å²) in [5.74, 6) is 0. The average Bonchev–Trinajstić information content (AvgIpc) is 2.50. The molecule has 0 aromatic heterocycles. The molecule has 0 fully saturated rings. The molecule has 1 aliphatic rings. The van der Waals surface area contributed by atoms with E-state index in [-0.39, 0.29) is 41.3 Å². The fourth-order valence-corrected chi connectivity index (χ4v) is 1.18. The second-order valence-corrected chi connectivity index (χ2v) is 2.84. The largest absolute Gasteiger partial charge is 0.381 e. The van der Waals surface area contributed by atoms with Crippen molar-refractivity contribution in [1.82, 2.24) is 0 Å². The summed E-state index contributed by atoms with van der Waals surface area (Å²) in [4.78, 5) is 0. The number of ether oxygens (including phenoxy) is 1. The Balaban J connectivity index is -0.000000403. The smallest absolute Gasteiger partial charge is 0.0567 e. The molecule has 0 aliphatic heterocycles. The SMILES string of the molecule is [CH2-]CC1(COCC)C=CC=C1.[CH3-].[CH3-].[Pt]. The van der Waals surface area contributed by atoms with Crippen LogP contribution in [0.3, 0.4) is 0 Å². The Morgan fingerprint density at radius 2 is 1.71 bits per heavy atom. The van der Waals surface area contributed by atoms with E-state index in [1.807, 2.05) is 6.92 Å². The first-order chi connectivity index (χ1) is 5.33. The molecule has 0 spiro atoms. The van der Waals surface area contributed by atoms with Crippen LogP contribution >= 0.6 is 0 Å². The van der Waals surface area contributed by atoms with E-state index in [0.29, 0.717) is 0 Å². The third kappa shape index (κ3) is 5.12. The van der Waals surface area contributed by atoms with Gasteiger partial charge in [-0.1, -0.05) is 24.3 Å². The van der Waals surface area contributed by atoms with Crippen molar-refractivity contribution in [1.29, 1.82) is 0 Å². The van der Waals surface area contributed by atoms with Gasteiger partial charge in [0.25, 0.3) is 0 Å². The maximum Gasteiger partial charge on any atom is 0.0567 e. The summed E-state index contributed by atoms with van der Waals surface area (Å²) in [6.07, 6.45) is 9.32. The molecule has 1 rings (SSSR count). The first-order valence-electron chi connectivity index (χ1n) is 4.07. The summed E-state index contributed by atoms with van der Waals surface area (Å²) in [5, 5.41) is 0. The molecular weight excluding hydrogens is 355 g/mol. The van der Waals surface area contributed by atoms with E-state index in [4.69, 9.17) is 4.74 Å². The van der Waals surface area contributed by atoms with Crippen molar-refractivity contribution in [2.24, 2.45) is 5.41 Å². The zero-order chi connectivity index (χ0) is 8.16. The molecule has 0 aromatic rings. The summed E-state index contributed by atoms with van der Waals surface area (Å²) in [5.41, 5.74) is 0.0933. The van der Waals surface area contributed by atoms with Gasteiger partial charge in [-0.05, 0) is 6.92 Å². The fraction of sp³-hybridized carbons (Fsp3) is 0.417. The van der Waals surface area contributed by atoms with Gasteiger partial charge in [0.05, 0.1) is 6.61 Å². The molecule has 0 unspecified atom stereocenters. The Morgan fingerprint density at radius 3 is 2.07 bits per heavy atom. The van der Waals surface area contributed by atoms with Crippen LogP contribution in [0.5, 0.6) is 0 Å². The summed E-state index contributed by atoms with van der Waals surface area (Å²) in [6.45, 7) is 7.47. The second-order valence-electron chi connectivity index (χ2n) is 2.84. The van der Waals surface area contributed by atoms with Crippen LogP contribution in [-0.2, 0) is 25.8 Å². The van der Waals surface area contributed by atoms with Gasteiger partial charge in [-0.2, -0.15) is 6.42 Å². The average molecular weight is 376 g/mol. The monoisotopic (exact) mass is 376 g/mol. The quantitative estimate of drug-likeness (QED) is 0.685. The van der Waals surface area contributed by atoms with E-state index in [0.717, 1.165) is 19.6 Å². The van der Waals surface area contributed by atoms with Crippen molar-refractivity contribution in [2.45, 2.75) is 13.3 Å². The number of rotatable bonds is 4. The molecule has 0 radical (unpaired) electrons. The van der Waals surface area contributed by atoms with Gasteiger partial charge in [0, 0.05) is 33.1 Å². The number of hydrogen-bond acceptors (Lipinski definition) is 1. The van der Waals surface area contributed by atoms with Gasteiger partial charge in [0.15, 0.2) is 0 Å². The number of hydrogen-bond donors (Lipinski definition) is 0. The van der Waals surface area contributed by atoms with E-state index < -0.39 is 0 Å². The molecule has 1 nitrogen and oxygen atoms in total.